The SMILES string of the molecule is O=C1CCC(=O)OC2(CNCCc3c2ccc(Cl)c3CCc2ccccn2)O1. The van der Waals surface area contributed by atoms with Gasteiger partial charge >= 0.3 is 11.9 Å². The van der Waals surface area contributed by atoms with E-state index in [1.165, 1.54) is 0 Å². The zero-order valence-electron chi connectivity index (χ0n) is 15.4. The molecule has 2 aliphatic rings. The average molecular weight is 401 g/mol. The summed E-state index contributed by atoms with van der Waals surface area (Å²) in [4.78, 5) is 28.7. The lowest BCUT2D eigenvalue weighted by Gasteiger charge is -2.32. The first-order valence-corrected chi connectivity index (χ1v) is 9.80. The van der Waals surface area contributed by atoms with E-state index in [2.05, 4.69) is 10.3 Å². The summed E-state index contributed by atoms with van der Waals surface area (Å²) < 4.78 is 11.3. The predicted molar refractivity (Wildman–Crippen MR) is 103 cm³/mol. The van der Waals surface area contributed by atoms with Crippen LogP contribution in [0.1, 0.15) is 35.2 Å². The molecule has 0 unspecified atom stereocenters. The van der Waals surface area contributed by atoms with Crippen LogP contribution in [0, 0.1) is 0 Å². The minimum absolute atomic E-state index is 0.0238. The Hall–Kier alpha value is -2.44. The molecule has 0 aliphatic carbocycles. The third kappa shape index (κ3) is 3.75. The number of nitrogens with one attached hydrogen (secondary N) is 1. The smallest absolute Gasteiger partial charge is 0.309 e. The summed E-state index contributed by atoms with van der Waals surface area (Å²) in [6.07, 6.45) is 3.94. The molecular formula is C21H21ClN2O4. The van der Waals surface area contributed by atoms with Gasteiger partial charge in [0.2, 0.25) is 0 Å². The molecule has 0 radical (unpaired) electrons. The standard InChI is InChI=1S/C21H21ClN2O4/c22-18-7-6-17-15(16(18)5-4-14-3-1-2-11-24-14)10-12-23-13-21(17)27-19(25)8-9-20(26)28-21/h1-3,6-7,11,23H,4-5,8-10,12-13H2. The largest absolute Gasteiger partial charge is 0.416 e. The summed E-state index contributed by atoms with van der Waals surface area (Å²) in [6, 6.07) is 9.41. The molecule has 0 amide bonds. The molecule has 1 spiro atoms. The zero-order chi connectivity index (χ0) is 19.6. The molecule has 28 heavy (non-hydrogen) atoms. The normalized spacial score (nSPS) is 18.6. The van der Waals surface area contributed by atoms with Crippen molar-refractivity contribution in [2.45, 2.75) is 37.9 Å². The lowest BCUT2D eigenvalue weighted by atomic mass is 9.91. The van der Waals surface area contributed by atoms with Crippen molar-refractivity contribution in [3.05, 3.63) is 63.9 Å². The molecule has 0 saturated carbocycles. The van der Waals surface area contributed by atoms with E-state index in [1.807, 2.05) is 18.2 Å². The summed E-state index contributed by atoms with van der Waals surface area (Å²) in [7, 11) is 0. The monoisotopic (exact) mass is 400 g/mol. The van der Waals surface area contributed by atoms with Crippen molar-refractivity contribution in [1.82, 2.24) is 10.3 Å². The first-order chi connectivity index (χ1) is 13.6. The van der Waals surface area contributed by atoms with Crippen molar-refractivity contribution in [2.75, 3.05) is 13.1 Å². The molecular weight excluding hydrogens is 380 g/mol. The van der Waals surface area contributed by atoms with E-state index in [9.17, 15) is 9.59 Å². The molecule has 4 rings (SSSR count). The highest BCUT2D eigenvalue weighted by atomic mass is 35.5. The maximum absolute atomic E-state index is 12.2. The molecule has 1 aromatic heterocycles. The van der Waals surface area contributed by atoms with Gasteiger partial charge in [0.1, 0.15) is 0 Å². The highest BCUT2D eigenvalue weighted by molar-refractivity contribution is 6.31. The Balaban J connectivity index is 1.74. The third-order valence-corrected chi connectivity index (χ3v) is 5.50. The number of rotatable bonds is 3. The van der Waals surface area contributed by atoms with Crippen LogP contribution in [0.3, 0.4) is 0 Å². The van der Waals surface area contributed by atoms with Crippen LogP contribution in [0.2, 0.25) is 5.02 Å². The zero-order valence-corrected chi connectivity index (χ0v) is 16.1. The Morgan fingerprint density at radius 3 is 2.54 bits per heavy atom. The van der Waals surface area contributed by atoms with E-state index >= 15 is 0 Å². The van der Waals surface area contributed by atoms with Crippen LogP contribution in [0.25, 0.3) is 0 Å². The van der Waals surface area contributed by atoms with Gasteiger partial charge in [0.15, 0.2) is 0 Å². The second-order valence-electron chi connectivity index (χ2n) is 7.00. The van der Waals surface area contributed by atoms with Crippen LogP contribution in [0.4, 0.5) is 0 Å². The number of esters is 2. The van der Waals surface area contributed by atoms with Gasteiger partial charge in [-0.15, -0.1) is 0 Å². The number of nitrogens with zero attached hydrogens (tertiary/aromatic N) is 1. The van der Waals surface area contributed by atoms with Crippen LogP contribution in [-0.4, -0.2) is 30.0 Å². The van der Waals surface area contributed by atoms with Crippen molar-refractivity contribution < 1.29 is 19.1 Å². The molecule has 7 heteroatoms. The number of fused-ring (bicyclic) bond motifs is 2. The van der Waals surface area contributed by atoms with Crippen LogP contribution in [0.15, 0.2) is 36.5 Å². The molecule has 0 atom stereocenters. The molecule has 1 fully saturated rings. The molecule has 2 aliphatic heterocycles. The molecule has 146 valence electrons. The minimum atomic E-state index is -1.44. The number of aryl methyl sites for hydroxylation is 1. The fourth-order valence-corrected chi connectivity index (χ4v) is 4.09. The van der Waals surface area contributed by atoms with Gasteiger partial charge in [-0.1, -0.05) is 17.7 Å². The van der Waals surface area contributed by atoms with E-state index < -0.39 is 17.7 Å². The lowest BCUT2D eigenvalue weighted by Crippen LogP contribution is -2.43. The van der Waals surface area contributed by atoms with Gasteiger partial charge in [0, 0.05) is 22.5 Å². The maximum atomic E-state index is 12.2. The summed E-state index contributed by atoms with van der Waals surface area (Å²) >= 11 is 6.54. The molecule has 2 aromatic rings. The third-order valence-electron chi connectivity index (χ3n) is 5.14. The number of pyridine rings is 1. The summed E-state index contributed by atoms with van der Waals surface area (Å²) in [6.45, 7) is 0.888. The van der Waals surface area contributed by atoms with Crippen LogP contribution < -0.4 is 5.32 Å². The Morgan fingerprint density at radius 2 is 1.82 bits per heavy atom. The van der Waals surface area contributed by atoms with Gasteiger partial charge in [-0.2, -0.15) is 0 Å². The van der Waals surface area contributed by atoms with Crippen LogP contribution in [0.5, 0.6) is 0 Å². The van der Waals surface area contributed by atoms with E-state index in [0.29, 0.717) is 30.0 Å². The van der Waals surface area contributed by atoms with Crippen molar-refractivity contribution in [1.29, 1.82) is 0 Å². The summed E-state index contributed by atoms with van der Waals surface area (Å²) in [5.74, 6) is -2.32. The number of carbonyl (C=O) groups excluding carboxylic acids is 2. The van der Waals surface area contributed by atoms with Crippen LogP contribution >= 0.6 is 11.6 Å². The molecule has 1 N–H and O–H groups in total. The van der Waals surface area contributed by atoms with Gasteiger partial charge in [0.05, 0.1) is 19.4 Å². The van der Waals surface area contributed by atoms with E-state index in [-0.39, 0.29) is 19.4 Å². The van der Waals surface area contributed by atoms with Gasteiger partial charge in [-0.25, -0.2) is 0 Å². The van der Waals surface area contributed by atoms with Crippen molar-refractivity contribution >= 4 is 23.5 Å². The van der Waals surface area contributed by atoms with E-state index in [4.69, 9.17) is 21.1 Å². The van der Waals surface area contributed by atoms with Gasteiger partial charge < -0.3 is 14.8 Å². The second kappa shape index (κ2) is 7.89. The van der Waals surface area contributed by atoms with Crippen LogP contribution in [-0.2, 0) is 44.1 Å². The lowest BCUT2D eigenvalue weighted by molar-refractivity contribution is -0.225. The Morgan fingerprint density at radius 1 is 1.04 bits per heavy atom. The molecule has 1 saturated heterocycles. The molecule has 1 aromatic carbocycles. The maximum Gasteiger partial charge on any atom is 0.309 e. The molecule has 0 bridgehead atoms. The highest BCUT2D eigenvalue weighted by Gasteiger charge is 2.45. The second-order valence-corrected chi connectivity index (χ2v) is 7.41. The average Bonchev–Trinajstić information content (AvgIpc) is 2.95. The number of hydrogen-bond acceptors (Lipinski definition) is 6. The predicted octanol–water partition coefficient (Wildman–Crippen LogP) is 2.70. The Bertz CT molecular complexity index is 883. The van der Waals surface area contributed by atoms with E-state index in [0.717, 1.165) is 23.2 Å². The number of aromatic nitrogens is 1. The number of carbonyl (C=O) groups is 2. The fraction of sp³-hybridized carbons (Fsp3) is 0.381. The number of hydrogen-bond donors (Lipinski definition) is 1. The first kappa shape index (κ1) is 18.9. The number of benzene rings is 1. The number of halogens is 1. The topological polar surface area (TPSA) is 77.5 Å². The van der Waals surface area contributed by atoms with Crippen molar-refractivity contribution in [2.24, 2.45) is 0 Å². The van der Waals surface area contributed by atoms with E-state index in [1.54, 1.807) is 18.3 Å². The van der Waals surface area contributed by atoms with Crippen molar-refractivity contribution in [3.63, 3.8) is 0 Å². The summed E-state index contributed by atoms with van der Waals surface area (Å²) in [5.41, 5.74) is 3.62. The van der Waals surface area contributed by atoms with Crippen molar-refractivity contribution in [3.8, 4) is 0 Å². The van der Waals surface area contributed by atoms with Gasteiger partial charge in [-0.05, 0) is 61.2 Å². The Kier molecular flexibility index (Phi) is 5.33. The Labute approximate surface area is 168 Å². The molecule has 6 nitrogen and oxygen atoms in total. The highest BCUT2D eigenvalue weighted by Crippen LogP contribution is 2.38. The first-order valence-electron chi connectivity index (χ1n) is 9.42. The molecule has 3 heterocycles. The minimum Gasteiger partial charge on any atom is -0.416 e. The van der Waals surface area contributed by atoms with Gasteiger partial charge in [-0.3, -0.25) is 14.6 Å². The quantitative estimate of drug-likeness (QED) is 0.798. The number of ether oxygens (including phenoxy) is 2. The summed E-state index contributed by atoms with van der Waals surface area (Å²) in [5, 5.41) is 3.89. The van der Waals surface area contributed by atoms with Gasteiger partial charge in [0.25, 0.3) is 5.79 Å². The fourth-order valence-electron chi connectivity index (χ4n) is 3.81.